The Kier molecular flexibility index (Phi) is 5.73. The lowest BCUT2D eigenvalue weighted by Crippen LogP contribution is -2.50. The third kappa shape index (κ3) is 4.38. The Morgan fingerprint density at radius 3 is 2.41 bits per heavy atom. The number of hydrogen-bond donors (Lipinski definition) is 1. The maximum atomic E-state index is 12.9. The van der Waals surface area contributed by atoms with Crippen LogP contribution in [0, 0.1) is 0 Å². The zero-order valence-corrected chi connectivity index (χ0v) is 16.7. The van der Waals surface area contributed by atoms with Crippen molar-refractivity contribution in [1.82, 2.24) is 19.4 Å². The first-order valence-electron chi connectivity index (χ1n) is 9.52. The Balaban J connectivity index is 1.45. The van der Waals surface area contributed by atoms with Gasteiger partial charge in [0, 0.05) is 43.8 Å². The van der Waals surface area contributed by atoms with Gasteiger partial charge in [-0.1, -0.05) is 36.4 Å². The van der Waals surface area contributed by atoms with Crippen molar-refractivity contribution in [2.45, 2.75) is 13.1 Å². The number of carbonyl (C=O) groups is 1. The fraction of sp³-hybridized carbons (Fsp3) is 0.286. The summed E-state index contributed by atoms with van der Waals surface area (Å²) in [6, 6.07) is 13.9. The van der Waals surface area contributed by atoms with Crippen molar-refractivity contribution in [3.8, 4) is 0 Å². The Hall–Kier alpha value is -2.97. The van der Waals surface area contributed by atoms with E-state index in [9.17, 15) is 14.4 Å². The summed E-state index contributed by atoms with van der Waals surface area (Å²) >= 11 is 1.46. The second-order valence-corrected chi connectivity index (χ2v) is 8.06. The zero-order valence-electron chi connectivity index (χ0n) is 15.9. The molecular weight excluding hydrogens is 388 g/mol. The first-order chi connectivity index (χ1) is 14.1. The van der Waals surface area contributed by atoms with Crippen LogP contribution in [0.5, 0.6) is 0 Å². The summed E-state index contributed by atoms with van der Waals surface area (Å²) in [7, 11) is 0. The monoisotopic (exact) mass is 410 g/mol. The molecule has 1 saturated heterocycles. The lowest BCUT2D eigenvalue weighted by molar-refractivity contribution is 0.0625. The second-order valence-electron chi connectivity index (χ2n) is 7.03. The fourth-order valence-corrected chi connectivity index (χ4v) is 4.18. The highest BCUT2D eigenvalue weighted by Crippen LogP contribution is 2.11. The number of carbonyl (C=O) groups excluding carboxylic acids is 1. The zero-order chi connectivity index (χ0) is 20.2. The number of hydrogen-bond acceptors (Lipinski definition) is 5. The molecule has 1 aliphatic rings. The van der Waals surface area contributed by atoms with Crippen molar-refractivity contribution >= 4 is 17.2 Å². The van der Waals surface area contributed by atoms with Crippen molar-refractivity contribution in [3.05, 3.63) is 90.9 Å². The van der Waals surface area contributed by atoms with Crippen molar-refractivity contribution in [3.63, 3.8) is 0 Å². The van der Waals surface area contributed by atoms with Crippen molar-refractivity contribution in [2.75, 3.05) is 26.2 Å². The summed E-state index contributed by atoms with van der Waals surface area (Å²) in [6.45, 7) is 3.60. The van der Waals surface area contributed by atoms with E-state index in [0.29, 0.717) is 13.1 Å². The van der Waals surface area contributed by atoms with Crippen LogP contribution < -0.4 is 11.2 Å². The topological polar surface area (TPSA) is 78.4 Å². The van der Waals surface area contributed by atoms with Crippen LogP contribution in [0.25, 0.3) is 0 Å². The number of aromatic nitrogens is 2. The van der Waals surface area contributed by atoms with E-state index in [1.54, 1.807) is 4.90 Å². The molecule has 0 aliphatic carbocycles. The fourth-order valence-electron chi connectivity index (χ4n) is 3.49. The Labute approximate surface area is 171 Å². The van der Waals surface area contributed by atoms with Gasteiger partial charge in [0.25, 0.3) is 11.5 Å². The normalized spacial score (nSPS) is 14.8. The van der Waals surface area contributed by atoms with Gasteiger partial charge in [-0.05, 0) is 17.0 Å². The first-order valence-corrected chi connectivity index (χ1v) is 10.4. The molecular formula is C21H22N4O3S. The maximum Gasteiger partial charge on any atom is 0.328 e. The molecule has 1 fully saturated rings. The van der Waals surface area contributed by atoms with Crippen LogP contribution in [0.3, 0.4) is 0 Å². The quantitative estimate of drug-likeness (QED) is 0.693. The molecule has 150 valence electrons. The van der Waals surface area contributed by atoms with Crippen LogP contribution in [-0.4, -0.2) is 51.4 Å². The predicted molar refractivity (Wildman–Crippen MR) is 112 cm³/mol. The molecule has 1 aromatic carbocycles. The first kappa shape index (κ1) is 19.4. The highest BCUT2D eigenvalue weighted by Gasteiger charge is 2.25. The van der Waals surface area contributed by atoms with Crippen molar-refractivity contribution < 1.29 is 4.79 Å². The largest absolute Gasteiger partial charge is 0.336 e. The van der Waals surface area contributed by atoms with Crippen molar-refractivity contribution in [1.29, 1.82) is 0 Å². The summed E-state index contributed by atoms with van der Waals surface area (Å²) in [5, 5.41) is 1.89. The predicted octanol–water partition coefficient (Wildman–Crippen LogP) is 1.60. The van der Waals surface area contributed by atoms with Gasteiger partial charge < -0.3 is 9.88 Å². The molecule has 4 rings (SSSR count). The molecule has 0 spiro atoms. The third-order valence-electron chi connectivity index (χ3n) is 5.09. The summed E-state index contributed by atoms with van der Waals surface area (Å²) in [6.07, 6.45) is 1.24. The summed E-state index contributed by atoms with van der Waals surface area (Å²) in [4.78, 5) is 45.2. The van der Waals surface area contributed by atoms with E-state index in [2.05, 4.69) is 22.0 Å². The average Bonchev–Trinajstić information content (AvgIpc) is 3.25. The van der Waals surface area contributed by atoms with E-state index in [1.807, 2.05) is 35.7 Å². The van der Waals surface area contributed by atoms with Gasteiger partial charge >= 0.3 is 5.69 Å². The maximum absolute atomic E-state index is 12.9. The molecule has 8 heteroatoms. The molecule has 3 heterocycles. The number of aromatic amines is 1. The number of rotatable bonds is 5. The molecule has 29 heavy (non-hydrogen) atoms. The Morgan fingerprint density at radius 1 is 0.966 bits per heavy atom. The van der Waals surface area contributed by atoms with Gasteiger partial charge in [0.2, 0.25) is 0 Å². The van der Waals surface area contributed by atoms with Crippen LogP contribution in [-0.2, 0) is 13.1 Å². The van der Waals surface area contributed by atoms with E-state index in [0.717, 1.165) is 29.1 Å². The molecule has 7 nitrogen and oxygen atoms in total. The van der Waals surface area contributed by atoms with Gasteiger partial charge in [-0.25, -0.2) is 4.79 Å². The highest BCUT2D eigenvalue weighted by atomic mass is 32.1. The van der Waals surface area contributed by atoms with E-state index in [1.165, 1.54) is 23.1 Å². The number of piperazine rings is 1. The van der Waals surface area contributed by atoms with E-state index >= 15 is 0 Å². The SMILES string of the molecule is O=C(c1c[nH]c(=O)n(Cc2cccs2)c1=O)N1CCN(Cc2ccccc2)CC1. The van der Waals surface area contributed by atoms with Crippen LogP contribution in [0.1, 0.15) is 20.8 Å². The molecule has 0 saturated carbocycles. The Morgan fingerprint density at radius 2 is 1.72 bits per heavy atom. The van der Waals surface area contributed by atoms with Gasteiger partial charge in [-0.3, -0.25) is 19.1 Å². The number of amides is 1. The van der Waals surface area contributed by atoms with Gasteiger partial charge in [-0.2, -0.15) is 0 Å². The minimum absolute atomic E-state index is 0.0117. The number of thiophene rings is 1. The van der Waals surface area contributed by atoms with E-state index < -0.39 is 11.2 Å². The van der Waals surface area contributed by atoms with Gasteiger partial charge in [0.15, 0.2) is 0 Å². The standard InChI is InChI=1S/C21H22N4O3S/c26-19(24-10-8-23(9-11-24)14-16-5-2-1-3-6-16)18-13-22-21(28)25(20(18)27)15-17-7-4-12-29-17/h1-7,12-13H,8-11,14-15H2,(H,22,28). The van der Waals surface area contributed by atoms with E-state index in [-0.39, 0.29) is 18.0 Å². The lowest BCUT2D eigenvalue weighted by Gasteiger charge is -2.34. The second kappa shape index (κ2) is 8.59. The number of nitrogens with one attached hydrogen (secondary N) is 1. The van der Waals surface area contributed by atoms with Crippen LogP contribution in [0.4, 0.5) is 0 Å². The van der Waals surface area contributed by atoms with Crippen LogP contribution in [0.15, 0.2) is 63.6 Å². The van der Waals surface area contributed by atoms with Gasteiger partial charge in [0.05, 0.1) is 6.54 Å². The molecule has 0 atom stereocenters. The molecule has 1 N–H and O–H groups in total. The number of H-pyrrole nitrogens is 1. The smallest absolute Gasteiger partial charge is 0.328 e. The number of nitrogens with zero attached hydrogens (tertiary/aromatic N) is 3. The van der Waals surface area contributed by atoms with Crippen LogP contribution in [0.2, 0.25) is 0 Å². The van der Waals surface area contributed by atoms with Crippen molar-refractivity contribution in [2.24, 2.45) is 0 Å². The molecule has 1 amide bonds. The van der Waals surface area contributed by atoms with Gasteiger partial charge in [-0.15, -0.1) is 11.3 Å². The average molecular weight is 410 g/mol. The van der Waals surface area contributed by atoms with E-state index in [4.69, 9.17) is 0 Å². The molecule has 0 radical (unpaired) electrons. The molecule has 2 aromatic heterocycles. The minimum Gasteiger partial charge on any atom is -0.336 e. The highest BCUT2D eigenvalue weighted by molar-refractivity contribution is 7.09. The Bertz CT molecular complexity index is 1080. The summed E-state index contributed by atoms with van der Waals surface area (Å²) in [5.41, 5.74) is 0.202. The molecule has 3 aromatic rings. The molecule has 0 bridgehead atoms. The molecule has 1 aliphatic heterocycles. The third-order valence-corrected chi connectivity index (χ3v) is 5.95. The minimum atomic E-state index is -0.543. The lowest BCUT2D eigenvalue weighted by atomic mass is 10.2. The summed E-state index contributed by atoms with van der Waals surface area (Å²) < 4.78 is 1.09. The molecule has 0 unspecified atom stereocenters. The van der Waals surface area contributed by atoms with Gasteiger partial charge in [0.1, 0.15) is 5.56 Å². The van der Waals surface area contributed by atoms with Crippen LogP contribution >= 0.6 is 11.3 Å². The number of benzene rings is 1. The summed E-state index contributed by atoms with van der Waals surface area (Å²) in [5.74, 6) is -0.328.